The van der Waals surface area contributed by atoms with Crippen molar-refractivity contribution in [3.05, 3.63) is 0 Å². The highest BCUT2D eigenvalue weighted by atomic mass is 16.5. The van der Waals surface area contributed by atoms with Crippen LogP contribution in [0.4, 0.5) is 0 Å². The number of rotatable bonds is 4. The maximum atomic E-state index is 6.40. The Morgan fingerprint density at radius 3 is 2.43 bits per heavy atom. The molecule has 1 spiro atoms. The molecule has 0 aromatic heterocycles. The van der Waals surface area contributed by atoms with Crippen LogP contribution in [-0.2, 0) is 4.74 Å². The Labute approximate surface area is 142 Å². The fraction of sp³-hybridized carbons (Fsp3) is 1.00. The lowest BCUT2D eigenvalue weighted by molar-refractivity contribution is -0.0815. The maximum absolute atomic E-state index is 6.40. The van der Waals surface area contributed by atoms with E-state index in [-0.39, 0.29) is 5.60 Å². The van der Waals surface area contributed by atoms with Gasteiger partial charge in [0, 0.05) is 32.2 Å². The molecule has 0 unspecified atom stereocenters. The predicted molar refractivity (Wildman–Crippen MR) is 95.9 cm³/mol. The third-order valence-corrected chi connectivity index (χ3v) is 6.45. The average Bonchev–Trinajstić information content (AvgIpc) is 2.77. The van der Waals surface area contributed by atoms with Crippen molar-refractivity contribution in [2.24, 2.45) is 5.92 Å². The zero-order chi connectivity index (χ0) is 16.1. The highest BCUT2D eigenvalue weighted by Crippen LogP contribution is 2.32. The first-order chi connectivity index (χ1) is 11.2. The molecule has 23 heavy (non-hydrogen) atoms. The first-order valence-corrected chi connectivity index (χ1v) is 9.98. The van der Waals surface area contributed by atoms with Gasteiger partial charge in [0.2, 0.25) is 0 Å². The quantitative estimate of drug-likeness (QED) is 0.859. The molecule has 0 aromatic rings. The predicted octanol–water partition coefficient (Wildman–Crippen LogP) is 2.34. The van der Waals surface area contributed by atoms with E-state index in [0.29, 0.717) is 6.04 Å². The Hall–Kier alpha value is -0.160. The van der Waals surface area contributed by atoms with Crippen molar-refractivity contribution in [2.75, 3.05) is 52.4 Å². The van der Waals surface area contributed by atoms with Crippen LogP contribution in [0.2, 0.25) is 0 Å². The van der Waals surface area contributed by atoms with E-state index in [1.165, 1.54) is 77.8 Å². The van der Waals surface area contributed by atoms with Crippen molar-refractivity contribution in [1.82, 2.24) is 15.1 Å². The van der Waals surface area contributed by atoms with E-state index in [0.717, 1.165) is 19.1 Å². The topological polar surface area (TPSA) is 27.7 Å². The summed E-state index contributed by atoms with van der Waals surface area (Å²) in [6.45, 7) is 14.1. The summed E-state index contributed by atoms with van der Waals surface area (Å²) in [5.74, 6) is 0.948. The van der Waals surface area contributed by atoms with Gasteiger partial charge in [-0.15, -0.1) is 0 Å². The zero-order valence-electron chi connectivity index (χ0n) is 15.4. The van der Waals surface area contributed by atoms with Crippen LogP contribution in [0.3, 0.4) is 0 Å². The Morgan fingerprint density at radius 1 is 1.04 bits per heavy atom. The molecule has 0 bridgehead atoms. The normalized spacial score (nSPS) is 28.3. The summed E-state index contributed by atoms with van der Waals surface area (Å²) < 4.78 is 6.40. The lowest BCUT2D eigenvalue weighted by Gasteiger charge is -2.42. The lowest BCUT2D eigenvalue weighted by atomic mass is 9.87. The van der Waals surface area contributed by atoms with Crippen molar-refractivity contribution >= 4 is 0 Å². The van der Waals surface area contributed by atoms with Gasteiger partial charge in [-0.3, -0.25) is 0 Å². The molecule has 0 saturated carbocycles. The van der Waals surface area contributed by atoms with Crippen LogP contribution in [0.1, 0.15) is 52.4 Å². The summed E-state index contributed by atoms with van der Waals surface area (Å²) >= 11 is 0. The molecule has 0 amide bonds. The minimum atomic E-state index is 0.189. The first kappa shape index (κ1) is 17.7. The second-order valence-corrected chi connectivity index (χ2v) is 8.23. The molecule has 0 aliphatic carbocycles. The SMILES string of the molecule is CC(C)N1CCC2(CCN(CCC3CCNCC3)CCO2)CC1. The molecule has 4 nitrogen and oxygen atoms in total. The van der Waals surface area contributed by atoms with Crippen molar-refractivity contribution < 1.29 is 4.74 Å². The Morgan fingerprint density at radius 2 is 1.74 bits per heavy atom. The van der Waals surface area contributed by atoms with Crippen LogP contribution in [0.25, 0.3) is 0 Å². The number of likely N-dealkylation sites (tertiary alicyclic amines) is 1. The summed E-state index contributed by atoms with van der Waals surface area (Å²) in [5.41, 5.74) is 0.189. The van der Waals surface area contributed by atoms with Gasteiger partial charge in [0.25, 0.3) is 0 Å². The van der Waals surface area contributed by atoms with Gasteiger partial charge >= 0.3 is 0 Å². The molecule has 0 aromatic carbocycles. The standard InChI is InChI=1S/C19H37N3O/c1-17(2)22-13-7-19(8-14-22)6-12-21(15-16-23-19)11-5-18-3-9-20-10-4-18/h17-18,20H,3-16H2,1-2H3. The minimum absolute atomic E-state index is 0.189. The van der Waals surface area contributed by atoms with Gasteiger partial charge in [0.1, 0.15) is 0 Å². The van der Waals surface area contributed by atoms with Crippen molar-refractivity contribution in [3.8, 4) is 0 Å². The van der Waals surface area contributed by atoms with Gasteiger partial charge in [0.15, 0.2) is 0 Å². The highest BCUT2D eigenvalue weighted by molar-refractivity contribution is 4.91. The highest BCUT2D eigenvalue weighted by Gasteiger charge is 2.37. The van der Waals surface area contributed by atoms with Gasteiger partial charge in [-0.1, -0.05) is 0 Å². The molecule has 134 valence electrons. The summed E-state index contributed by atoms with van der Waals surface area (Å²) in [4.78, 5) is 5.28. The van der Waals surface area contributed by atoms with Crippen LogP contribution in [0, 0.1) is 5.92 Å². The molecule has 3 saturated heterocycles. The molecule has 3 fully saturated rings. The van der Waals surface area contributed by atoms with E-state index in [1.807, 2.05) is 0 Å². The van der Waals surface area contributed by atoms with Crippen LogP contribution in [0.5, 0.6) is 0 Å². The molecule has 3 rings (SSSR count). The molecular weight excluding hydrogens is 286 g/mol. The van der Waals surface area contributed by atoms with E-state index in [2.05, 4.69) is 29.0 Å². The number of nitrogens with one attached hydrogen (secondary N) is 1. The largest absolute Gasteiger partial charge is 0.374 e. The summed E-state index contributed by atoms with van der Waals surface area (Å²) in [6, 6.07) is 0.680. The van der Waals surface area contributed by atoms with Crippen LogP contribution < -0.4 is 5.32 Å². The van der Waals surface area contributed by atoms with E-state index in [4.69, 9.17) is 4.74 Å². The molecule has 0 atom stereocenters. The molecule has 1 N–H and O–H groups in total. The van der Waals surface area contributed by atoms with E-state index in [1.54, 1.807) is 0 Å². The van der Waals surface area contributed by atoms with Gasteiger partial charge in [-0.25, -0.2) is 0 Å². The van der Waals surface area contributed by atoms with Gasteiger partial charge in [-0.2, -0.15) is 0 Å². The number of nitrogens with zero attached hydrogens (tertiary/aromatic N) is 2. The van der Waals surface area contributed by atoms with Gasteiger partial charge < -0.3 is 19.9 Å². The fourth-order valence-corrected chi connectivity index (χ4v) is 4.54. The molecule has 0 radical (unpaired) electrons. The van der Waals surface area contributed by atoms with Crippen molar-refractivity contribution in [1.29, 1.82) is 0 Å². The Balaban J connectivity index is 1.42. The fourth-order valence-electron chi connectivity index (χ4n) is 4.54. The summed E-state index contributed by atoms with van der Waals surface area (Å²) in [7, 11) is 0. The Kier molecular flexibility index (Phi) is 6.36. The first-order valence-electron chi connectivity index (χ1n) is 9.98. The molecule has 3 aliphatic heterocycles. The van der Waals surface area contributed by atoms with Crippen molar-refractivity contribution in [2.45, 2.75) is 64.0 Å². The number of piperidine rings is 2. The number of hydrogen-bond acceptors (Lipinski definition) is 4. The summed E-state index contributed by atoms with van der Waals surface area (Å²) in [5, 5.41) is 3.48. The number of hydrogen-bond donors (Lipinski definition) is 1. The molecule has 3 heterocycles. The minimum Gasteiger partial charge on any atom is -0.374 e. The van der Waals surface area contributed by atoms with E-state index < -0.39 is 0 Å². The molecule has 3 aliphatic rings. The third kappa shape index (κ3) is 4.91. The average molecular weight is 324 g/mol. The smallest absolute Gasteiger partial charge is 0.0719 e. The molecular formula is C19H37N3O. The summed E-state index contributed by atoms with van der Waals surface area (Å²) in [6.07, 6.45) is 7.83. The maximum Gasteiger partial charge on any atom is 0.0719 e. The van der Waals surface area contributed by atoms with E-state index in [9.17, 15) is 0 Å². The number of ether oxygens (including phenoxy) is 1. The zero-order valence-corrected chi connectivity index (χ0v) is 15.4. The monoisotopic (exact) mass is 323 g/mol. The second kappa shape index (κ2) is 8.28. The van der Waals surface area contributed by atoms with Crippen LogP contribution >= 0.6 is 0 Å². The van der Waals surface area contributed by atoms with Gasteiger partial charge in [-0.05, 0) is 77.9 Å². The van der Waals surface area contributed by atoms with E-state index >= 15 is 0 Å². The molecule has 4 heteroatoms. The third-order valence-electron chi connectivity index (χ3n) is 6.45. The second-order valence-electron chi connectivity index (χ2n) is 8.23. The van der Waals surface area contributed by atoms with Crippen LogP contribution in [0.15, 0.2) is 0 Å². The van der Waals surface area contributed by atoms with Crippen molar-refractivity contribution in [3.63, 3.8) is 0 Å². The lowest BCUT2D eigenvalue weighted by Crippen LogP contribution is -2.48. The van der Waals surface area contributed by atoms with Crippen LogP contribution in [-0.4, -0.2) is 73.9 Å². The van der Waals surface area contributed by atoms with Gasteiger partial charge in [0.05, 0.1) is 12.2 Å². The Bertz CT molecular complexity index is 347.